The van der Waals surface area contributed by atoms with E-state index in [1.165, 1.54) is 5.69 Å². The molecule has 0 bridgehead atoms. The molecule has 2 atom stereocenters. The van der Waals surface area contributed by atoms with E-state index in [1.54, 1.807) is 13.3 Å². The number of anilines is 1. The van der Waals surface area contributed by atoms with E-state index in [4.69, 9.17) is 9.47 Å². The molecule has 1 aromatic carbocycles. The van der Waals surface area contributed by atoms with Crippen LogP contribution in [0.5, 0.6) is 5.75 Å². The average molecular weight is 272 g/mol. The van der Waals surface area contributed by atoms with Crippen LogP contribution < -0.4 is 9.64 Å². The first-order valence-corrected chi connectivity index (χ1v) is 7.00. The number of fused-ring (bicyclic) bond motifs is 1. The number of pyridine rings is 1. The van der Waals surface area contributed by atoms with Crippen molar-refractivity contribution in [1.29, 1.82) is 0 Å². The summed E-state index contributed by atoms with van der Waals surface area (Å²) in [5.74, 6) is 0.867. The van der Waals surface area contributed by atoms with E-state index in [9.17, 15) is 0 Å². The number of nitrogens with zero attached hydrogens (tertiary/aromatic N) is 2. The predicted octanol–water partition coefficient (Wildman–Crippen LogP) is 2.86. The summed E-state index contributed by atoms with van der Waals surface area (Å²) < 4.78 is 11.2. The summed E-state index contributed by atoms with van der Waals surface area (Å²) in [4.78, 5) is 6.75. The van der Waals surface area contributed by atoms with Crippen molar-refractivity contribution in [2.24, 2.45) is 0 Å². The van der Waals surface area contributed by atoms with Crippen molar-refractivity contribution < 1.29 is 9.47 Å². The van der Waals surface area contributed by atoms with Crippen molar-refractivity contribution in [3.8, 4) is 5.75 Å². The first-order valence-electron chi connectivity index (χ1n) is 7.00. The van der Waals surface area contributed by atoms with E-state index < -0.39 is 0 Å². The van der Waals surface area contributed by atoms with E-state index in [1.807, 2.05) is 6.07 Å². The molecular formula is C16H20N2O2. The monoisotopic (exact) mass is 272 g/mol. The molecule has 1 fully saturated rings. The van der Waals surface area contributed by atoms with Crippen LogP contribution >= 0.6 is 0 Å². The third-order valence-electron chi connectivity index (χ3n) is 3.69. The first kappa shape index (κ1) is 13.2. The molecule has 4 nitrogen and oxygen atoms in total. The zero-order chi connectivity index (χ0) is 14.1. The minimum atomic E-state index is 0.255. The normalized spacial score (nSPS) is 23.1. The Hall–Kier alpha value is -1.81. The van der Waals surface area contributed by atoms with Crippen molar-refractivity contribution in [3.63, 3.8) is 0 Å². The Morgan fingerprint density at radius 2 is 1.95 bits per heavy atom. The van der Waals surface area contributed by atoms with E-state index in [-0.39, 0.29) is 12.2 Å². The van der Waals surface area contributed by atoms with Gasteiger partial charge in [0.25, 0.3) is 0 Å². The fourth-order valence-corrected chi connectivity index (χ4v) is 2.87. The van der Waals surface area contributed by atoms with E-state index in [0.717, 1.165) is 29.7 Å². The summed E-state index contributed by atoms with van der Waals surface area (Å²) >= 11 is 0. The van der Waals surface area contributed by atoms with Crippen LogP contribution in [0, 0.1) is 0 Å². The van der Waals surface area contributed by atoms with Crippen molar-refractivity contribution >= 4 is 16.6 Å². The summed E-state index contributed by atoms with van der Waals surface area (Å²) in [6.07, 6.45) is 2.29. The van der Waals surface area contributed by atoms with Crippen LogP contribution in [0.3, 0.4) is 0 Å². The number of rotatable bonds is 2. The second-order valence-electron chi connectivity index (χ2n) is 5.38. The topological polar surface area (TPSA) is 34.6 Å². The highest BCUT2D eigenvalue weighted by atomic mass is 16.5. The molecule has 0 radical (unpaired) electrons. The van der Waals surface area contributed by atoms with Gasteiger partial charge in [-0.1, -0.05) is 0 Å². The number of hydrogen-bond acceptors (Lipinski definition) is 4. The fraction of sp³-hybridized carbons (Fsp3) is 0.438. The maximum atomic E-state index is 5.79. The molecule has 0 amide bonds. The molecule has 1 aliphatic rings. The molecule has 1 aliphatic heterocycles. The second-order valence-corrected chi connectivity index (χ2v) is 5.38. The number of benzene rings is 1. The van der Waals surface area contributed by atoms with E-state index in [0.29, 0.717) is 0 Å². The van der Waals surface area contributed by atoms with Crippen LogP contribution in [0.15, 0.2) is 30.5 Å². The van der Waals surface area contributed by atoms with Gasteiger partial charge in [0.2, 0.25) is 0 Å². The summed E-state index contributed by atoms with van der Waals surface area (Å²) in [5.41, 5.74) is 2.16. The molecule has 2 unspecified atom stereocenters. The van der Waals surface area contributed by atoms with Gasteiger partial charge in [-0.3, -0.25) is 4.98 Å². The Kier molecular flexibility index (Phi) is 3.49. The van der Waals surface area contributed by atoms with Crippen molar-refractivity contribution in [2.45, 2.75) is 26.1 Å². The van der Waals surface area contributed by atoms with Gasteiger partial charge in [0, 0.05) is 30.4 Å². The third kappa shape index (κ3) is 2.43. The molecule has 2 heterocycles. The predicted molar refractivity (Wildman–Crippen MR) is 80.5 cm³/mol. The standard InChI is InChI=1S/C16H20N2O2/c1-11-9-18(10-12(2)20-11)13-4-5-15-14(8-13)16(19-3)6-7-17-15/h4-8,11-12H,9-10H2,1-3H3. The zero-order valence-corrected chi connectivity index (χ0v) is 12.2. The van der Waals surface area contributed by atoms with Crippen LogP contribution in [0.4, 0.5) is 5.69 Å². The zero-order valence-electron chi connectivity index (χ0n) is 12.2. The Bertz CT molecular complexity index is 604. The number of methoxy groups -OCH3 is 1. The van der Waals surface area contributed by atoms with Crippen LogP contribution in [0.1, 0.15) is 13.8 Å². The molecule has 0 N–H and O–H groups in total. The Labute approximate surface area is 119 Å². The molecule has 1 aromatic heterocycles. The summed E-state index contributed by atoms with van der Waals surface area (Å²) in [7, 11) is 1.69. The first-order chi connectivity index (χ1) is 9.67. The van der Waals surface area contributed by atoms with Crippen LogP contribution in [0.2, 0.25) is 0 Å². The number of ether oxygens (including phenoxy) is 2. The Morgan fingerprint density at radius 3 is 2.65 bits per heavy atom. The number of aromatic nitrogens is 1. The summed E-state index contributed by atoms with van der Waals surface area (Å²) in [6, 6.07) is 8.24. The number of morpholine rings is 1. The van der Waals surface area contributed by atoms with E-state index >= 15 is 0 Å². The van der Waals surface area contributed by atoms with Gasteiger partial charge in [0.1, 0.15) is 5.75 Å². The molecule has 3 rings (SSSR count). The maximum absolute atomic E-state index is 5.79. The van der Waals surface area contributed by atoms with Gasteiger partial charge < -0.3 is 14.4 Å². The largest absolute Gasteiger partial charge is 0.496 e. The van der Waals surface area contributed by atoms with Crippen molar-refractivity contribution in [2.75, 3.05) is 25.1 Å². The van der Waals surface area contributed by atoms with Crippen LogP contribution in [0.25, 0.3) is 10.9 Å². The minimum absolute atomic E-state index is 0.255. The highest BCUT2D eigenvalue weighted by Crippen LogP contribution is 2.29. The lowest BCUT2D eigenvalue weighted by Gasteiger charge is -2.37. The maximum Gasteiger partial charge on any atom is 0.129 e. The lowest BCUT2D eigenvalue weighted by atomic mass is 10.1. The van der Waals surface area contributed by atoms with Gasteiger partial charge in [-0.25, -0.2) is 0 Å². The molecule has 1 saturated heterocycles. The molecule has 2 aromatic rings. The highest BCUT2D eigenvalue weighted by molar-refractivity contribution is 5.88. The summed E-state index contributed by atoms with van der Waals surface area (Å²) in [5, 5.41) is 1.05. The molecular weight excluding hydrogens is 252 g/mol. The van der Waals surface area contributed by atoms with Crippen molar-refractivity contribution in [3.05, 3.63) is 30.5 Å². The smallest absolute Gasteiger partial charge is 0.129 e. The quantitative estimate of drug-likeness (QED) is 0.842. The fourth-order valence-electron chi connectivity index (χ4n) is 2.87. The molecule has 106 valence electrons. The second kappa shape index (κ2) is 5.29. The van der Waals surface area contributed by atoms with Gasteiger partial charge in [0.15, 0.2) is 0 Å². The minimum Gasteiger partial charge on any atom is -0.496 e. The van der Waals surface area contributed by atoms with Crippen LogP contribution in [-0.2, 0) is 4.74 Å². The third-order valence-corrected chi connectivity index (χ3v) is 3.69. The van der Waals surface area contributed by atoms with Gasteiger partial charge >= 0.3 is 0 Å². The molecule has 0 spiro atoms. The molecule has 20 heavy (non-hydrogen) atoms. The number of hydrogen-bond donors (Lipinski definition) is 0. The Balaban J connectivity index is 1.99. The highest BCUT2D eigenvalue weighted by Gasteiger charge is 2.22. The molecule has 0 saturated carbocycles. The van der Waals surface area contributed by atoms with Gasteiger partial charge in [-0.15, -0.1) is 0 Å². The van der Waals surface area contributed by atoms with Gasteiger partial charge in [-0.2, -0.15) is 0 Å². The van der Waals surface area contributed by atoms with E-state index in [2.05, 4.69) is 41.9 Å². The van der Waals surface area contributed by atoms with Crippen LogP contribution in [-0.4, -0.2) is 37.4 Å². The van der Waals surface area contributed by atoms with Gasteiger partial charge in [0.05, 0.1) is 24.8 Å². The SMILES string of the molecule is COc1ccnc2ccc(N3CC(C)OC(C)C3)cc12. The lowest BCUT2D eigenvalue weighted by Crippen LogP contribution is -2.45. The molecule has 4 heteroatoms. The Morgan fingerprint density at radius 1 is 1.20 bits per heavy atom. The average Bonchev–Trinajstić information content (AvgIpc) is 2.45. The van der Waals surface area contributed by atoms with Crippen molar-refractivity contribution in [1.82, 2.24) is 4.98 Å². The lowest BCUT2D eigenvalue weighted by molar-refractivity contribution is -0.00520. The molecule has 0 aliphatic carbocycles. The summed E-state index contributed by atoms with van der Waals surface area (Å²) in [6.45, 7) is 6.06. The van der Waals surface area contributed by atoms with Gasteiger partial charge in [-0.05, 0) is 38.1 Å².